The van der Waals surface area contributed by atoms with Crippen molar-refractivity contribution in [3.8, 4) is 0 Å². The van der Waals surface area contributed by atoms with Gasteiger partial charge in [0.1, 0.15) is 4.33 Å². The summed E-state index contributed by atoms with van der Waals surface area (Å²) >= 11 is 12.6. The molecule has 0 aliphatic heterocycles. The number of amides is 1. The van der Waals surface area contributed by atoms with E-state index < -0.39 is 4.33 Å². The van der Waals surface area contributed by atoms with Crippen molar-refractivity contribution in [2.45, 2.75) is 16.7 Å². The summed E-state index contributed by atoms with van der Waals surface area (Å²) in [6, 6.07) is 19.8. The van der Waals surface area contributed by atoms with Crippen LogP contribution >= 0.6 is 23.2 Å². The van der Waals surface area contributed by atoms with Gasteiger partial charge in [0.15, 0.2) is 0 Å². The molecule has 0 bridgehead atoms. The molecule has 2 aromatic carbocycles. The fraction of sp³-hybridized carbons (Fsp3) is 0.278. The molecule has 4 heteroatoms. The molecule has 1 N–H and O–H groups in total. The van der Waals surface area contributed by atoms with Crippen LogP contribution < -0.4 is 5.32 Å². The van der Waals surface area contributed by atoms with Gasteiger partial charge in [-0.25, -0.2) is 0 Å². The summed E-state index contributed by atoms with van der Waals surface area (Å²) in [5, 5.41) is 2.94. The molecule has 1 fully saturated rings. The summed E-state index contributed by atoms with van der Waals surface area (Å²) in [5.41, 5.74) is 2.21. The van der Waals surface area contributed by atoms with Crippen LogP contribution in [0.3, 0.4) is 0 Å². The van der Waals surface area contributed by atoms with Crippen molar-refractivity contribution in [1.29, 1.82) is 0 Å². The van der Waals surface area contributed by atoms with Gasteiger partial charge in [-0.2, -0.15) is 0 Å². The molecule has 2 aromatic rings. The van der Waals surface area contributed by atoms with Crippen LogP contribution in [0.2, 0.25) is 0 Å². The van der Waals surface area contributed by atoms with Crippen molar-refractivity contribution in [3.05, 3.63) is 71.8 Å². The van der Waals surface area contributed by atoms with Gasteiger partial charge < -0.3 is 5.32 Å². The Morgan fingerprint density at radius 3 is 2.23 bits per heavy atom. The van der Waals surface area contributed by atoms with Gasteiger partial charge in [0.2, 0.25) is 5.91 Å². The average Bonchev–Trinajstić information content (AvgIpc) is 3.12. The number of hydrogen-bond acceptors (Lipinski definition) is 1. The highest BCUT2D eigenvalue weighted by molar-refractivity contribution is 6.53. The predicted octanol–water partition coefficient (Wildman–Crippen LogP) is 3.93. The Bertz CT molecular complexity index is 643. The maximum Gasteiger partial charge on any atom is 0.226 e. The minimum absolute atomic E-state index is 0.0743. The molecule has 0 aromatic heterocycles. The van der Waals surface area contributed by atoms with Crippen molar-refractivity contribution in [2.75, 3.05) is 6.54 Å². The lowest BCUT2D eigenvalue weighted by molar-refractivity contribution is -0.122. The van der Waals surface area contributed by atoms with Crippen LogP contribution in [-0.2, 0) is 11.2 Å². The lowest BCUT2D eigenvalue weighted by Gasteiger charge is -2.05. The topological polar surface area (TPSA) is 29.1 Å². The van der Waals surface area contributed by atoms with Gasteiger partial charge in [0, 0.05) is 12.5 Å². The molecule has 0 radical (unpaired) electrons. The van der Waals surface area contributed by atoms with E-state index in [0.717, 1.165) is 12.0 Å². The molecule has 2 atom stereocenters. The Morgan fingerprint density at radius 1 is 1.00 bits per heavy atom. The van der Waals surface area contributed by atoms with Crippen LogP contribution in [0.1, 0.15) is 17.0 Å². The largest absolute Gasteiger partial charge is 0.355 e. The van der Waals surface area contributed by atoms with Crippen molar-refractivity contribution >= 4 is 29.1 Å². The Labute approximate surface area is 140 Å². The zero-order chi connectivity index (χ0) is 15.6. The van der Waals surface area contributed by atoms with E-state index in [2.05, 4.69) is 5.32 Å². The molecular formula is C18H17Cl2NO. The highest BCUT2D eigenvalue weighted by atomic mass is 35.5. The van der Waals surface area contributed by atoms with E-state index in [1.54, 1.807) is 0 Å². The normalized spacial score (nSPS) is 22.1. The summed E-state index contributed by atoms with van der Waals surface area (Å²) in [4.78, 5) is 12.3. The van der Waals surface area contributed by atoms with Crippen molar-refractivity contribution in [1.82, 2.24) is 5.32 Å². The summed E-state index contributed by atoms with van der Waals surface area (Å²) < 4.78 is -1.00. The molecule has 1 aliphatic rings. The molecule has 0 heterocycles. The lowest BCUT2D eigenvalue weighted by atomic mass is 10.1. The lowest BCUT2D eigenvalue weighted by Crippen LogP contribution is -2.28. The molecule has 1 amide bonds. The standard InChI is InChI=1S/C18H17Cl2NO/c19-18(20)15(14-9-5-2-6-10-14)16(18)17(22)21-12-11-13-7-3-1-4-8-13/h1-10,15-16H,11-12H2,(H,21,22)/t15-,16+/m1/s1. The van der Waals surface area contributed by atoms with Gasteiger partial charge in [-0.15, -0.1) is 23.2 Å². The summed E-state index contributed by atoms with van der Waals surface area (Å²) in [5.74, 6) is -0.586. The molecule has 1 aliphatic carbocycles. The van der Waals surface area contributed by atoms with Crippen LogP contribution in [-0.4, -0.2) is 16.8 Å². The quantitative estimate of drug-likeness (QED) is 0.825. The van der Waals surface area contributed by atoms with E-state index in [-0.39, 0.29) is 17.7 Å². The Balaban J connectivity index is 1.57. The molecule has 1 saturated carbocycles. The Morgan fingerprint density at radius 2 is 1.59 bits per heavy atom. The number of rotatable bonds is 5. The fourth-order valence-electron chi connectivity index (χ4n) is 2.81. The maximum atomic E-state index is 12.3. The van der Waals surface area contributed by atoms with Gasteiger partial charge in [0.05, 0.1) is 5.92 Å². The van der Waals surface area contributed by atoms with Gasteiger partial charge in [-0.05, 0) is 17.5 Å². The Hall–Kier alpha value is -1.51. The maximum absolute atomic E-state index is 12.3. The second-order valence-corrected chi connectivity index (χ2v) is 7.01. The summed E-state index contributed by atoms with van der Waals surface area (Å²) in [6.45, 7) is 0.588. The Kier molecular flexibility index (Phi) is 4.42. The van der Waals surface area contributed by atoms with E-state index in [0.29, 0.717) is 6.54 Å². The number of hydrogen-bond donors (Lipinski definition) is 1. The van der Waals surface area contributed by atoms with Crippen LogP contribution in [0.4, 0.5) is 0 Å². The first-order valence-corrected chi connectivity index (χ1v) is 8.10. The first kappa shape index (κ1) is 15.4. The number of carbonyl (C=O) groups is 1. The van der Waals surface area contributed by atoms with E-state index in [1.807, 2.05) is 60.7 Å². The van der Waals surface area contributed by atoms with Crippen molar-refractivity contribution < 1.29 is 4.79 Å². The van der Waals surface area contributed by atoms with Crippen molar-refractivity contribution in [2.24, 2.45) is 5.92 Å². The van der Waals surface area contributed by atoms with Crippen LogP contribution in [0.5, 0.6) is 0 Å². The predicted molar refractivity (Wildman–Crippen MR) is 90.3 cm³/mol. The number of alkyl halides is 2. The average molecular weight is 334 g/mol. The molecule has 22 heavy (non-hydrogen) atoms. The first-order valence-electron chi connectivity index (χ1n) is 7.35. The zero-order valence-corrected chi connectivity index (χ0v) is 13.5. The third kappa shape index (κ3) is 3.13. The van der Waals surface area contributed by atoms with E-state index in [4.69, 9.17) is 23.2 Å². The molecule has 114 valence electrons. The SMILES string of the molecule is O=C(NCCc1ccccc1)[C@@H]1[C@@H](c2ccccc2)C1(Cl)Cl. The molecule has 0 saturated heterocycles. The molecule has 2 nitrogen and oxygen atoms in total. The molecular weight excluding hydrogens is 317 g/mol. The van der Waals surface area contributed by atoms with Crippen LogP contribution in [0, 0.1) is 5.92 Å². The van der Waals surface area contributed by atoms with Crippen LogP contribution in [0.25, 0.3) is 0 Å². The van der Waals surface area contributed by atoms with Gasteiger partial charge in [-0.1, -0.05) is 60.7 Å². The van der Waals surface area contributed by atoms with E-state index in [1.165, 1.54) is 5.56 Å². The van der Waals surface area contributed by atoms with Gasteiger partial charge in [-0.3, -0.25) is 4.79 Å². The highest BCUT2D eigenvalue weighted by Crippen LogP contribution is 2.64. The first-order chi connectivity index (χ1) is 10.6. The molecule has 0 unspecified atom stereocenters. The highest BCUT2D eigenvalue weighted by Gasteiger charge is 2.67. The third-order valence-corrected chi connectivity index (χ3v) is 4.99. The monoisotopic (exact) mass is 333 g/mol. The second-order valence-electron chi connectivity index (χ2n) is 5.57. The number of halogens is 2. The number of benzene rings is 2. The van der Waals surface area contributed by atoms with Gasteiger partial charge >= 0.3 is 0 Å². The second kappa shape index (κ2) is 6.31. The molecule has 3 rings (SSSR count). The summed E-state index contributed by atoms with van der Waals surface area (Å²) in [6.07, 6.45) is 0.798. The zero-order valence-electron chi connectivity index (χ0n) is 12.0. The number of nitrogens with one attached hydrogen (secondary N) is 1. The summed E-state index contributed by atoms with van der Waals surface area (Å²) in [7, 11) is 0. The fourth-order valence-corrected chi connectivity index (χ4v) is 3.64. The molecule has 0 spiro atoms. The van der Waals surface area contributed by atoms with E-state index in [9.17, 15) is 4.79 Å². The van der Waals surface area contributed by atoms with Crippen molar-refractivity contribution in [3.63, 3.8) is 0 Å². The smallest absolute Gasteiger partial charge is 0.226 e. The van der Waals surface area contributed by atoms with E-state index >= 15 is 0 Å². The minimum Gasteiger partial charge on any atom is -0.355 e. The number of carbonyl (C=O) groups excluding carboxylic acids is 1. The van der Waals surface area contributed by atoms with Gasteiger partial charge in [0.25, 0.3) is 0 Å². The van der Waals surface area contributed by atoms with Crippen LogP contribution in [0.15, 0.2) is 60.7 Å². The minimum atomic E-state index is -1.00. The third-order valence-electron chi connectivity index (χ3n) is 4.05.